The molecular weight excluding hydrogens is 264 g/mol. The van der Waals surface area contributed by atoms with E-state index in [9.17, 15) is 4.79 Å². The Morgan fingerprint density at radius 2 is 2.00 bits per heavy atom. The molecule has 4 nitrogen and oxygen atoms in total. The van der Waals surface area contributed by atoms with Gasteiger partial charge in [-0.3, -0.25) is 10.1 Å². The zero-order chi connectivity index (χ0) is 15.6. The summed E-state index contributed by atoms with van der Waals surface area (Å²) in [5.41, 5.74) is -0.293. The molecule has 21 heavy (non-hydrogen) atoms. The van der Waals surface area contributed by atoms with Crippen LogP contribution < -0.4 is 5.32 Å². The van der Waals surface area contributed by atoms with Crippen LogP contribution in [-0.2, 0) is 9.53 Å². The summed E-state index contributed by atoms with van der Waals surface area (Å²) >= 11 is 0. The van der Waals surface area contributed by atoms with Crippen LogP contribution in [0.2, 0.25) is 0 Å². The Morgan fingerprint density at radius 1 is 1.38 bits per heavy atom. The number of ether oxygens (including phenoxy) is 1. The summed E-state index contributed by atoms with van der Waals surface area (Å²) in [4.78, 5) is 14.9. The normalized spacial score (nSPS) is 29.4. The first-order valence-corrected chi connectivity index (χ1v) is 8.51. The highest BCUT2D eigenvalue weighted by Crippen LogP contribution is 2.34. The molecule has 4 heteroatoms. The Kier molecular flexibility index (Phi) is 5.31. The van der Waals surface area contributed by atoms with E-state index in [-0.39, 0.29) is 23.7 Å². The number of rotatable bonds is 6. The second-order valence-electron chi connectivity index (χ2n) is 7.45. The van der Waals surface area contributed by atoms with Gasteiger partial charge in [0.25, 0.3) is 0 Å². The number of nitrogens with zero attached hydrogens (tertiary/aromatic N) is 1. The molecule has 0 aromatic heterocycles. The lowest BCUT2D eigenvalue weighted by Gasteiger charge is -2.35. The van der Waals surface area contributed by atoms with Gasteiger partial charge in [-0.1, -0.05) is 33.1 Å². The van der Waals surface area contributed by atoms with Gasteiger partial charge >= 0.3 is 0 Å². The molecule has 0 aromatic carbocycles. The molecular formula is C17H32N2O2. The summed E-state index contributed by atoms with van der Waals surface area (Å²) in [5, 5.41) is 3.65. The third kappa shape index (κ3) is 3.59. The second kappa shape index (κ2) is 6.66. The molecule has 0 radical (unpaired) electrons. The lowest BCUT2D eigenvalue weighted by Crippen LogP contribution is -2.49. The molecule has 3 unspecified atom stereocenters. The van der Waals surface area contributed by atoms with E-state index in [0.29, 0.717) is 18.4 Å². The van der Waals surface area contributed by atoms with Gasteiger partial charge in [0.2, 0.25) is 5.91 Å². The summed E-state index contributed by atoms with van der Waals surface area (Å²) in [7, 11) is 1.73. The maximum absolute atomic E-state index is 12.9. The third-order valence-corrected chi connectivity index (χ3v) is 5.40. The fourth-order valence-electron chi connectivity index (χ4n) is 3.62. The Labute approximate surface area is 129 Å². The Hall–Kier alpha value is -0.610. The molecule has 1 N–H and O–H groups in total. The molecule has 2 rings (SSSR count). The van der Waals surface area contributed by atoms with E-state index in [1.54, 1.807) is 7.11 Å². The van der Waals surface area contributed by atoms with E-state index < -0.39 is 0 Å². The molecule has 0 aromatic rings. The molecule has 122 valence electrons. The standard InChI is InChI=1S/C17H32N2O2/c1-6-12(2)14-16(20)19(11-17(3,4)21-5)15(18-14)13-9-7-8-10-13/h12-15,18H,6-11H2,1-5H3. The van der Waals surface area contributed by atoms with Gasteiger partial charge in [0.05, 0.1) is 24.4 Å². The van der Waals surface area contributed by atoms with Crippen LogP contribution >= 0.6 is 0 Å². The number of carbonyl (C=O) groups is 1. The van der Waals surface area contributed by atoms with Gasteiger partial charge in [-0.05, 0) is 38.5 Å². The number of hydrogen-bond donors (Lipinski definition) is 1. The van der Waals surface area contributed by atoms with Gasteiger partial charge in [0, 0.05) is 7.11 Å². The molecule has 1 aliphatic carbocycles. The van der Waals surface area contributed by atoms with Crippen molar-refractivity contribution in [2.75, 3.05) is 13.7 Å². The van der Waals surface area contributed by atoms with E-state index in [0.717, 1.165) is 6.42 Å². The van der Waals surface area contributed by atoms with Crippen LogP contribution in [0.15, 0.2) is 0 Å². The minimum Gasteiger partial charge on any atom is -0.377 e. The SMILES string of the molecule is CCC(C)C1NC(C2CCCC2)N(CC(C)(C)OC)C1=O. The Morgan fingerprint density at radius 3 is 2.52 bits per heavy atom. The quantitative estimate of drug-likeness (QED) is 0.819. The molecule has 1 heterocycles. The Balaban J connectivity index is 2.16. The maximum atomic E-state index is 12.9. The van der Waals surface area contributed by atoms with E-state index in [2.05, 4.69) is 37.9 Å². The molecule has 1 amide bonds. The van der Waals surface area contributed by atoms with Crippen molar-refractivity contribution in [1.82, 2.24) is 10.2 Å². The molecule has 3 atom stereocenters. The van der Waals surface area contributed by atoms with Crippen molar-refractivity contribution in [3.63, 3.8) is 0 Å². The predicted octanol–water partition coefficient (Wildman–Crippen LogP) is 2.77. The highest BCUT2D eigenvalue weighted by molar-refractivity contribution is 5.84. The number of nitrogens with one attached hydrogen (secondary N) is 1. The third-order valence-electron chi connectivity index (χ3n) is 5.40. The average Bonchev–Trinajstić information content (AvgIpc) is 3.08. The highest BCUT2D eigenvalue weighted by Gasteiger charge is 2.46. The van der Waals surface area contributed by atoms with Crippen LogP contribution in [0.25, 0.3) is 0 Å². The van der Waals surface area contributed by atoms with E-state index in [1.165, 1.54) is 25.7 Å². The summed E-state index contributed by atoms with van der Waals surface area (Å²) in [5.74, 6) is 1.26. The Bertz CT molecular complexity index is 364. The first-order chi connectivity index (χ1) is 9.89. The summed E-state index contributed by atoms with van der Waals surface area (Å²) in [6.07, 6.45) is 6.30. The van der Waals surface area contributed by atoms with Crippen molar-refractivity contribution in [1.29, 1.82) is 0 Å². The van der Waals surface area contributed by atoms with Crippen LogP contribution in [-0.4, -0.2) is 42.3 Å². The average molecular weight is 296 g/mol. The van der Waals surface area contributed by atoms with Crippen molar-refractivity contribution in [3.05, 3.63) is 0 Å². The summed E-state index contributed by atoms with van der Waals surface area (Å²) < 4.78 is 5.56. The highest BCUT2D eigenvalue weighted by atomic mass is 16.5. The number of amides is 1. The monoisotopic (exact) mass is 296 g/mol. The molecule has 1 saturated heterocycles. The van der Waals surface area contributed by atoms with Crippen LogP contribution in [0, 0.1) is 11.8 Å². The summed E-state index contributed by atoms with van der Waals surface area (Å²) in [6, 6.07) is -0.0201. The maximum Gasteiger partial charge on any atom is 0.241 e. The van der Waals surface area contributed by atoms with Crippen molar-refractivity contribution in [3.8, 4) is 0 Å². The van der Waals surface area contributed by atoms with Gasteiger partial charge in [-0.25, -0.2) is 0 Å². The first-order valence-electron chi connectivity index (χ1n) is 8.51. The smallest absolute Gasteiger partial charge is 0.241 e. The molecule has 2 fully saturated rings. The zero-order valence-electron chi connectivity index (χ0n) is 14.3. The lowest BCUT2D eigenvalue weighted by atomic mass is 9.99. The van der Waals surface area contributed by atoms with Gasteiger partial charge in [0.15, 0.2) is 0 Å². The van der Waals surface area contributed by atoms with Crippen LogP contribution in [0.3, 0.4) is 0 Å². The molecule has 2 aliphatic rings. The second-order valence-corrected chi connectivity index (χ2v) is 7.45. The largest absolute Gasteiger partial charge is 0.377 e. The van der Waals surface area contributed by atoms with E-state index in [4.69, 9.17) is 4.74 Å². The lowest BCUT2D eigenvalue weighted by molar-refractivity contribution is -0.135. The van der Waals surface area contributed by atoms with Crippen molar-refractivity contribution in [2.24, 2.45) is 11.8 Å². The molecule has 0 bridgehead atoms. The van der Waals surface area contributed by atoms with Crippen LogP contribution in [0.4, 0.5) is 0 Å². The van der Waals surface area contributed by atoms with E-state index >= 15 is 0 Å². The number of methoxy groups -OCH3 is 1. The zero-order valence-corrected chi connectivity index (χ0v) is 14.3. The molecule has 1 aliphatic heterocycles. The molecule has 1 saturated carbocycles. The van der Waals surface area contributed by atoms with Crippen molar-refractivity contribution < 1.29 is 9.53 Å². The van der Waals surface area contributed by atoms with Gasteiger partial charge in [-0.15, -0.1) is 0 Å². The van der Waals surface area contributed by atoms with Gasteiger partial charge < -0.3 is 9.64 Å². The van der Waals surface area contributed by atoms with Gasteiger partial charge in [0.1, 0.15) is 0 Å². The van der Waals surface area contributed by atoms with Gasteiger partial charge in [-0.2, -0.15) is 0 Å². The first kappa shape index (κ1) is 16.8. The predicted molar refractivity (Wildman–Crippen MR) is 84.9 cm³/mol. The number of carbonyl (C=O) groups excluding carboxylic acids is 1. The summed E-state index contributed by atoms with van der Waals surface area (Å²) in [6.45, 7) is 9.12. The van der Waals surface area contributed by atoms with Crippen molar-refractivity contribution >= 4 is 5.91 Å². The minimum atomic E-state index is -0.293. The fraction of sp³-hybridized carbons (Fsp3) is 0.941. The van der Waals surface area contributed by atoms with Crippen LogP contribution in [0.1, 0.15) is 59.8 Å². The number of hydrogen-bond acceptors (Lipinski definition) is 3. The van der Waals surface area contributed by atoms with E-state index in [1.807, 2.05) is 0 Å². The fourth-order valence-corrected chi connectivity index (χ4v) is 3.62. The topological polar surface area (TPSA) is 41.6 Å². The van der Waals surface area contributed by atoms with Crippen molar-refractivity contribution in [2.45, 2.75) is 77.6 Å². The van der Waals surface area contributed by atoms with Crippen LogP contribution in [0.5, 0.6) is 0 Å². The molecule has 0 spiro atoms. The minimum absolute atomic E-state index is 0.0201.